The monoisotopic (exact) mass is 260 g/mol. The van der Waals surface area contributed by atoms with E-state index in [0.717, 1.165) is 22.2 Å². The lowest BCUT2D eigenvalue weighted by molar-refractivity contribution is 0.186. The van der Waals surface area contributed by atoms with Gasteiger partial charge in [-0.15, -0.1) is 11.3 Å². The van der Waals surface area contributed by atoms with Crippen molar-refractivity contribution in [3.8, 4) is 11.3 Å². The molecule has 0 aliphatic rings. The topological polar surface area (TPSA) is 72.3 Å². The van der Waals surface area contributed by atoms with Crippen LogP contribution >= 0.6 is 11.3 Å². The van der Waals surface area contributed by atoms with E-state index in [1.807, 2.05) is 29.6 Å². The van der Waals surface area contributed by atoms with Gasteiger partial charge in [-0.2, -0.15) is 0 Å². The van der Waals surface area contributed by atoms with Gasteiger partial charge >= 0.3 is 0 Å². The maximum atomic E-state index is 9.65. The number of nitrogens with zero attached hydrogens (tertiary/aromatic N) is 1. The molecule has 0 spiro atoms. The molecular weight excluding hydrogens is 248 g/mol. The van der Waals surface area contributed by atoms with Crippen LogP contribution in [0.2, 0.25) is 0 Å². The molecule has 4 nitrogen and oxygen atoms in total. The van der Waals surface area contributed by atoms with Crippen LogP contribution in [0.15, 0.2) is 40.3 Å². The van der Waals surface area contributed by atoms with Crippen molar-refractivity contribution >= 4 is 22.3 Å². The molecule has 3 aromatic rings. The highest BCUT2D eigenvalue weighted by molar-refractivity contribution is 7.10. The van der Waals surface area contributed by atoms with Crippen LogP contribution in [0.4, 0.5) is 0 Å². The number of nitrogens with two attached hydrogens (primary N) is 1. The second kappa shape index (κ2) is 4.53. The van der Waals surface area contributed by atoms with Gasteiger partial charge in [0.2, 0.25) is 0 Å². The van der Waals surface area contributed by atoms with Crippen LogP contribution in [-0.4, -0.2) is 16.6 Å². The molecule has 1 aromatic carbocycles. The second-order valence-corrected chi connectivity index (χ2v) is 4.86. The number of rotatable bonds is 3. The van der Waals surface area contributed by atoms with Crippen molar-refractivity contribution in [3.63, 3.8) is 0 Å². The number of aliphatic hydroxyl groups excluding tert-OH is 1. The van der Waals surface area contributed by atoms with E-state index < -0.39 is 6.10 Å². The number of aromatic nitrogens is 1. The molecule has 0 amide bonds. The van der Waals surface area contributed by atoms with Gasteiger partial charge in [0.25, 0.3) is 0 Å². The van der Waals surface area contributed by atoms with Gasteiger partial charge in [0.1, 0.15) is 23.0 Å². The molecule has 0 aliphatic carbocycles. The van der Waals surface area contributed by atoms with Crippen LogP contribution in [0.3, 0.4) is 0 Å². The van der Waals surface area contributed by atoms with E-state index in [0.29, 0.717) is 5.01 Å². The van der Waals surface area contributed by atoms with Gasteiger partial charge in [0.05, 0.1) is 5.69 Å². The predicted octanol–water partition coefficient (Wildman–Crippen LogP) is 2.55. The van der Waals surface area contributed by atoms with Gasteiger partial charge in [-0.1, -0.05) is 18.2 Å². The minimum Gasteiger partial charge on any atom is -0.464 e. The third kappa shape index (κ3) is 1.82. The number of para-hydroxylation sites is 1. The summed E-state index contributed by atoms with van der Waals surface area (Å²) in [6.07, 6.45) is 1.00. The standard InChI is InChI=1S/C13H12N2O2S/c14-5-11(16)13-15-10(7-18-13)9-6-17-12-4-2-1-3-8(9)12/h1-4,6-7,11,16H,5,14H2. The zero-order valence-electron chi connectivity index (χ0n) is 9.54. The number of aliphatic hydroxyl groups is 1. The maximum absolute atomic E-state index is 9.65. The lowest BCUT2D eigenvalue weighted by Gasteiger charge is -2.01. The molecule has 92 valence electrons. The van der Waals surface area contributed by atoms with Crippen LogP contribution in [0.1, 0.15) is 11.1 Å². The van der Waals surface area contributed by atoms with Gasteiger partial charge in [-0.05, 0) is 6.07 Å². The molecule has 0 aliphatic heterocycles. The zero-order valence-corrected chi connectivity index (χ0v) is 10.4. The summed E-state index contributed by atoms with van der Waals surface area (Å²) in [7, 11) is 0. The van der Waals surface area contributed by atoms with Crippen molar-refractivity contribution in [3.05, 3.63) is 40.9 Å². The molecular formula is C13H12N2O2S. The summed E-state index contributed by atoms with van der Waals surface area (Å²) in [5.74, 6) is 0. The lowest BCUT2D eigenvalue weighted by atomic mass is 10.1. The Morgan fingerprint density at radius 3 is 3.06 bits per heavy atom. The van der Waals surface area contributed by atoms with Gasteiger partial charge in [-0.3, -0.25) is 0 Å². The molecule has 2 heterocycles. The Morgan fingerprint density at radius 2 is 2.22 bits per heavy atom. The second-order valence-electron chi connectivity index (χ2n) is 3.97. The molecule has 1 atom stereocenters. The van der Waals surface area contributed by atoms with E-state index in [-0.39, 0.29) is 6.54 Å². The fraction of sp³-hybridized carbons (Fsp3) is 0.154. The SMILES string of the molecule is NCC(O)c1nc(-c2coc3ccccc23)cs1. The lowest BCUT2D eigenvalue weighted by Crippen LogP contribution is -2.10. The molecule has 0 radical (unpaired) electrons. The molecule has 0 saturated heterocycles. The summed E-state index contributed by atoms with van der Waals surface area (Å²) in [6, 6.07) is 7.80. The van der Waals surface area contributed by atoms with Crippen LogP contribution in [0, 0.1) is 0 Å². The highest BCUT2D eigenvalue weighted by Gasteiger charge is 2.14. The third-order valence-electron chi connectivity index (χ3n) is 2.79. The van der Waals surface area contributed by atoms with E-state index in [2.05, 4.69) is 4.98 Å². The van der Waals surface area contributed by atoms with Crippen LogP contribution in [0.5, 0.6) is 0 Å². The van der Waals surface area contributed by atoms with Crippen molar-refractivity contribution in [2.24, 2.45) is 5.73 Å². The molecule has 3 rings (SSSR count). The average molecular weight is 260 g/mol. The fourth-order valence-electron chi connectivity index (χ4n) is 1.84. The summed E-state index contributed by atoms with van der Waals surface area (Å²) in [5, 5.41) is 13.2. The van der Waals surface area contributed by atoms with Crippen LogP contribution < -0.4 is 5.73 Å². The maximum Gasteiger partial charge on any atom is 0.134 e. The molecule has 3 N–H and O–H groups in total. The molecule has 18 heavy (non-hydrogen) atoms. The minimum atomic E-state index is -0.693. The molecule has 0 saturated carbocycles. The molecule has 2 aromatic heterocycles. The Kier molecular flexibility index (Phi) is 2.87. The summed E-state index contributed by atoms with van der Waals surface area (Å²) in [5.41, 5.74) is 8.01. The van der Waals surface area contributed by atoms with Crippen molar-refractivity contribution in [2.75, 3.05) is 6.54 Å². The Labute approximate surface area is 108 Å². The molecule has 0 fully saturated rings. The first-order chi connectivity index (χ1) is 8.79. The number of hydrogen-bond donors (Lipinski definition) is 2. The minimum absolute atomic E-state index is 0.180. The highest BCUT2D eigenvalue weighted by Crippen LogP contribution is 2.32. The number of hydrogen-bond acceptors (Lipinski definition) is 5. The smallest absolute Gasteiger partial charge is 0.134 e. The van der Waals surface area contributed by atoms with Gasteiger partial charge in [0, 0.05) is 22.9 Å². The number of benzene rings is 1. The largest absolute Gasteiger partial charge is 0.464 e. The number of thiazole rings is 1. The number of furan rings is 1. The molecule has 5 heteroatoms. The predicted molar refractivity (Wildman–Crippen MR) is 71.3 cm³/mol. The van der Waals surface area contributed by atoms with Crippen molar-refractivity contribution in [1.82, 2.24) is 4.98 Å². The first-order valence-corrected chi connectivity index (χ1v) is 6.47. The third-order valence-corrected chi connectivity index (χ3v) is 3.73. The Bertz CT molecular complexity index is 674. The summed E-state index contributed by atoms with van der Waals surface area (Å²) in [6.45, 7) is 0.180. The van der Waals surface area contributed by atoms with E-state index >= 15 is 0 Å². The van der Waals surface area contributed by atoms with Crippen molar-refractivity contribution in [2.45, 2.75) is 6.10 Å². The van der Waals surface area contributed by atoms with E-state index in [1.54, 1.807) is 6.26 Å². The Hall–Kier alpha value is -1.69. The quantitative estimate of drug-likeness (QED) is 0.759. The van der Waals surface area contributed by atoms with Crippen molar-refractivity contribution < 1.29 is 9.52 Å². The highest BCUT2D eigenvalue weighted by atomic mass is 32.1. The van der Waals surface area contributed by atoms with Gasteiger partial charge in [0.15, 0.2) is 0 Å². The summed E-state index contributed by atoms with van der Waals surface area (Å²) < 4.78 is 5.48. The molecule has 0 bridgehead atoms. The first kappa shape index (κ1) is 11.4. The Morgan fingerprint density at radius 1 is 1.39 bits per heavy atom. The Balaban J connectivity index is 2.07. The van der Waals surface area contributed by atoms with E-state index in [1.165, 1.54) is 11.3 Å². The van der Waals surface area contributed by atoms with E-state index in [9.17, 15) is 5.11 Å². The normalized spacial score (nSPS) is 13.0. The van der Waals surface area contributed by atoms with Crippen LogP contribution in [0.25, 0.3) is 22.2 Å². The number of fused-ring (bicyclic) bond motifs is 1. The first-order valence-electron chi connectivity index (χ1n) is 5.59. The van der Waals surface area contributed by atoms with Crippen LogP contribution in [-0.2, 0) is 0 Å². The van der Waals surface area contributed by atoms with Gasteiger partial charge < -0.3 is 15.3 Å². The van der Waals surface area contributed by atoms with E-state index in [4.69, 9.17) is 10.2 Å². The molecule has 1 unspecified atom stereocenters. The fourth-order valence-corrected chi connectivity index (χ4v) is 2.66. The summed E-state index contributed by atoms with van der Waals surface area (Å²) in [4.78, 5) is 4.40. The van der Waals surface area contributed by atoms with Crippen molar-refractivity contribution in [1.29, 1.82) is 0 Å². The zero-order chi connectivity index (χ0) is 12.5. The van der Waals surface area contributed by atoms with Gasteiger partial charge in [-0.25, -0.2) is 4.98 Å². The average Bonchev–Trinajstić information content (AvgIpc) is 3.03. The summed E-state index contributed by atoms with van der Waals surface area (Å²) >= 11 is 1.41.